The van der Waals surface area contributed by atoms with Crippen molar-refractivity contribution in [1.82, 2.24) is 10.2 Å². The Balaban J connectivity index is 2.24. The second kappa shape index (κ2) is 6.67. The number of benzene rings is 1. The predicted octanol–water partition coefficient (Wildman–Crippen LogP) is 1.11. The topological polar surface area (TPSA) is 58.6 Å². The summed E-state index contributed by atoms with van der Waals surface area (Å²) in [6.45, 7) is 4.77. The van der Waals surface area contributed by atoms with Crippen LogP contribution >= 0.6 is 0 Å². The van der Waals surface area contributed by atoms with Crippen LogP contribution in [0.3, 0.4) is 0 Å². The summed E-state index contributed by atoms with van der Waals surface area (Å²) >= 11 is 0. The molecule has 0 bridgehead atoms. The maximum atomic E-state index is 14.0. The third-order valence-electron chi connectivity index (χ3n) is 3.40. The number of halogens is 1. The molecule has 2 rings (SSSR count). The SMILES string of the molecule is CCNC(=O)C1COCCN1C(=O)c1ccc(C)cc1F. The zero-order chi connectivity index (χ0) is 15.4. The van der Waals surface area contributed by atoms with Gasteiger partial charge in [-0.05, 0) is 31.5 Å². The van der Waals surface area contributed by atoms with Gasteiger partial charge in [-0.25, -0.2) is 4.39 Å². The summed E-state index contributed by atoms with van der Waals surface area (Å²) in [5.41, 5.74) is 0.725. The molecular weight excluding hydrogens is 275 g/mol. The highest BCUT2D eigenvalue weighted by molar-refractivity contribution is 5.98. The molecule has 114 valence electrons. The summed E-state index contributed by atoms with van der Waals surface area (Å²) in [6, 6.07) is 3.73. The Morgan fingerprint density at radius 2 is 2.24 bits per heavy atom. The molecule has 1 fully saturated rings. The number of carbonyl (C=O) groups excluding carboxylic acids is 2. The second-order valence-electron chi connectivity index (χ2n) is 4.97. The van der Waals surface area contributed by atoms with Crippen LogP contribution in [-0.2, 0) is 9.53 Å². The van der Waals surface area contributed by atoms with Crippen LogP contribution in [-0.4, -0.2) is 49.1 Å². The summed E-state index contributed by atoms with van der Waals surface area (Å²) in [4.78, 5) is 25.9. The first-order valence-electron chi connectivity index (χ1n) is 6.97. The molecule has 0 spiro atoms. The van der Waals surface area contributed by atoms with Gasteiger partial charge in [0.25, 0.3) is 5.91 Å². The van der Waals surface area contributed by atoms with Crippen molar-refractivity contribution in [2.75, 3.05) is 26.3 Å². The van der Waals surface area contributed by atoms with Crippen molar-refractivity contribution in [2.24, 2.45) is 0 Å². The number of hydrogen-bond acceptors (Lipinski definition) is 3. The first kappa shape index (κ1) is 15.4. The molecule has 0 saturated carbocycles. The van der Waals surface area contributed by atoms with Gasteiger partial charge in [0.2, 0.25) is 5.91 Å². The van der Waals surface area contributed by atoms with E-state index in [0.29, 0.717) is 13.2 Å². The number of aryl methyl sites for hydroxylation is 1. The Morgan fingerprint density at radius 1 is 1.48 bits per heavy atom. The quantitative estimate of drug-likeness (QED) is 0.908. The maximum Gasteiger partial charge on any atom is 0.257 e. The van der Waals surface area contributed by atoms with E-state index in [9.17, 15) is 14.0 Å². The van der Waals surface area contributed by atoms with Crippen LogP contribution in [0, 0.1) is 12.7 Å². The highest BCUT2D eigenvalue weighted by atomic mass is 19.1. The monoisotopic (exact) mass is 294 g/mol. The lowest BCUT2D eigenvalue weighted by molar-refractivity contribution is -0.130. The fraction of sp³-hybridized carbons (Fsp3) is 0.467. The van der Waals surface area contributed by atoms with Gasteiger partial charge >= 0.3 is 0 Å². The van der Waals surface area contributed by atoms with Gasteiger partial charge in [0.05, 0.1) is 18.8 Å². The second-order valence-corrected chi connectivity index (χ2v) is 4.97. The molecule has 2 amide bonds. The van der Waals surface area contributed by atoms with Crippen molar-refractivity contribution >= 4 is 11.8 Å². The van der Waals surface area contributed by atoms with Crippen molar-refractivity contribution in [3.05, 3.63) is 35.1 Å². The fourth-order valence-electron chi connectivity index (χ4n) is 2.30. The van der Waals surface area contributed by atoms with E-state index in [1.807, 2.05) is 0 Å². The summed E-state index contributed by atoms with van der Waals surface area (Å²) in [5, 5.41) is 2.67. The van der Waals surface area contributed by atoms with Gasteiger partial charge in [0.1, 0.15) is 11.9 Å². The van der Waals surface area contributed by atoms with E-state index in [2.05, 4.69) is 5.32 Å². The lowest BCUT2D eigenvalue weighted by atomic mass is 10.1. The van der Waals surface area contributed by atoms with Gasteiger partial charge in [0, 0.05) is 13.1 Å². The van der Waals surface area contributed by atoms with Crippen LogP contribution in [0.4, 0.5) is 4.39 Å². The molecule has 0 radical (unpaired) electrons. The number of carbonyl (C=O) groups is 2. The zero-order valence-electron chi connectivity index (χ0n) is 12.2. The zero-order valence-corrected chi connectivity index (χ0v) is 12.2. The number of rotatable bonds is 3. The van der Waals surface area contributed by atoms with Crippen molar-refractivity contribution in [2.45, 2.75) is 19.9 Å². The Hall–Kier alpha value is -1.95. The molecule has 1 aromatic carbocycles. The Labute approximate surface area is 123 Å². The van der Waals surface area contributed by atoms with Crippen molar-refractivity contribution in [1.29, 1.82) is 0 Å². The highest BCUT2D eigenvalue weighted by Crippen LogP contribution is 2.16. The fourth-order valence-corrected chi connectivity index (χ4v) is 2.30. The van der Waals surface area contributed by atoms with Gasteiger partial charge in [-0.1, -0.05) is 6.07 Å². The normalized spacial score (nSPS) is 18.4. The van der Waals surface area contributed by atoms with E-state index in [4.69, 9.17) is 4.74 Å². The first-order chi connectivity index (χ1) is 10.0. The van der Waals surface area contributed by atoms with Gasteiger partial charge in [-0.3, -0.25) is 9.59 Å². The van der Waals surface area contributed by atoms with Gasteiger partial charge in [-0.2, -0.15) is 0 Å². The number of amides is 2. The lowest BCUT2D eigenvalue weighted by Crippen LogP contribution is -2.56. The lowest BCUT2D eigenvalue weighted by Gasteiger charge is -2.34. The number of morpholine rings is 1. The average molecular weight is 294 g/mol. The van der Waals surface area contributed by atoms with Crippen LogP contribution in [0.5, 0.6) is 0 Å². The van der Waals surface area contributed by atoms with Gasteiger partial charge in [-0.15, -0.1) is 0 Å². The summed E-state index contributed by atoms with van der Waals surface area (Å²) < 4.78 is 19.2. The van der Waals surface area contributed by atoms with Gasteiger partial charge < -0.3 is 15.0 Å². The smallest absolute Gasteiger partial charge is 0.257 e. The third kappa shape index (κ3) is 3.39. The molecule has 1 N–H and O–H groups in total. The molecule has 1 aliphatic heterocycles. The molecular formula is C15H19FN2O3. The Morgan fingerprint density at radius 3 is 2.90 bits per heavy atom. The Bertz CT molecular complexity index is 548. The minimum absolute atomic E-state index is 0.0169. The van der Waals surface area contributed by atoms with E-state index in [1.165, 1.54) is 17.0 Å². The summed E-state index contributed by atoms with van der Waals surface area (Å²) in [7, 11) is 0. The van der Waals surface area contributed by atoms with Crippen LogP contribution in [0.15, 0.2) is 18.2 Å². The van der Waals surface area contributed by atoms with Crippen LogP contribution in [0.25, 0.3) is 0 Å². The van der Waals surface area contributed by atoms with Crippen LogP contribution in [0.1, 0.15) is 22.8 Å². The number of hydrogen-bond donors (Lipinski definition) is 1. The Kier molecular flexibility index (Phi) is 4.90. The molecule has 1 unspecified atom stereocenters. The number of nitrogens with one attached hydrogen (secondary N) is 1. The molecule has 6 heteroatoms. The molecule has 1 heterocycles. The van der Waals surface area contributed by atoms with E-state index in [1.54, 1.807) is 19.9 Å². The van der Waals surface area contributed by atoms with Crippen molar-refractivity contribution in [3.8, 4) is 0 Å². The van der Waals surface area contributed by atoms with Crippen molar-refractivity contribution < 1.29 is 18.7 Å². The average Bonchev–Trinajstić information content (AvgIpc) is 2.47. The minimum Gasteiger partial charge on any atom is -0.377 e. The largest absolute Gasteiger partial charge is 0.377 e. The molecule has 1 aliphatic rings. The molecule has 1 aromatic rings. The number of likely N-dealkylation sites (N-methyl/N-ethyl adjacent to an activating group) is 1. The third-order valence-corrected chi connectivity index (χ3v) is 3.40. The summed E-state index contributed by atoms with van der Waals surface area (Å²) in [5.74, 6) is -1.33. The maximum absolute atomic E-state index is 14.0. The van der Waals surface area contributed by atoms with Crippen LogP contribution in [0.2, 0.25) is 0 Å². The first-order valence-corrected chi connectivity index (χ1v) is 6.97. The predicted molar refractivity (Wildman–Crippen MR) is 75.5 cm³/mol. The van der Waals surface area contributed by atoms with E-state index < -0.39 is 17.8 Å². The molecule has 5 nitrogen and oxygen atoms in total. The van der Waals surface area contributed by atoms with E-state index >= 15 is 0 Å². The van der Waals surface area contributed by atoms with Crippen molar-refractivity contribution in [3.63, 3.8) is 0 Å². The number of nitrogens with zero attached hydrogens (tertiary/aromatic N) is 1. The molecule has 0 aliphatic carbocycles. The summed E-state index contributed by atoms with van der Waals surface area (Å²) in [6.07, 6.45) is 0. The number of ether oxygens (including phenoxy) is 1. The molecule has 21 heavy (non-hydrogen) atoms. The minimum atomic E-state index is -0.716. The van der Waals surface area contributed by atoms with Gasteiger partial charge in [0.15, 0.2) is 0 Å². The van der Waals surface area contributed by atoms with Crippen LogP contribution < -0.4 is 5.32 Å². The van der Waals surface area contributed by atoms with E-state index in [-0.39, 0.29) is 24.6 Å². The van der Waals surface area contributed by atoms with E-state index in [0.717, 1.165) is 5.56 Å². The molecule has 1 atom stereocenters. The molecule has 0 aromatic heterocycles. The molecule has 1 saturated heterocycles. The highest BCUT2D eigenvalue weighted by Gasteiger charge is 2.33. The standard InChI is InChI=1S/C15H19FN2O3/c1-3-17-14(19)13-9-21-7-6-18(13)15(20)11-5-4-10(2)8-12(11)16/h4-5,8,13H,3,6-7,9H2,1-2H3,(H,17,19).